The van der Waals surface area contributed by atoms with Crippen LogP contribution in [0.15, 0.2) is 170 Å². The predicted octanol–water partition coefficient (Wildman–Crippen LogP) is 28.9. The summed E-state index contributed by atoms with van der Waals surface area (Å²) in [7, 11) is 2.23. The van der Waals surface area contributed by atoms with E-state index in [9.17, 15) is 18.7 Å². The van der Waals surface area contributed by atoms with E-state index in [-0.39, 0.29) is 102 Å². The number of aromatic nitrogens is 2. The van der Waals surface area contributed by atoms with Crippen molar-refractivity contribution >= 4 is 11.6 Å². The van der Waals surface area contributed by atoms with E-state index in [4.69, 9.17) is 55.1 Å². The quantitative estimate of drug-likeness (QED) is 0.0400. The monoisotopic (exact) mass is 2070 g/mol. The fourth-order valence-corrected chi connectivity index (χ4v) is 20.8. The second-order valence-electron chi connectivity index (χ2n) is 54.4. The van der Waals surface area contributed by atoms with Gasteiger partial charge in [0.25, 0.3) is 0 Å². The third-order valence-corrected chi connectivity index (χ3v) is 32.7. The molecule has 6 aromatic carbocycles. The van der Waals surface area contributed by atoms with Gasteiger partial charge in [0, 0.05) is 82.5 Å². The van der Waals surface area contributed by atoms with Crippen molar-refractivity contribution in [1.29, 1.82) is 0 Å². The highest BCUT2D eigenvalue weighted by Gasteiger charge is 2.52. The second-order valence-corrected chi connectivity index (χ2v) is 54.4. The fraction of sp³-hybridized carbons (Fsp3) is 0.638. The van der Waals surface area contributed by atoms with Crippen LogP contribution in [0.25, 0.3) is 0 Å². The third-order valence-electron chi connectivity index (χ3n) is 32.7. The molecule has 12 aliphatic rings. The maximum Gasteiger partial charge on any atom is 0.230 e. The Balaban J connectivity index is 0.000000176. The van der Waals surface area contributed by atoms with Crippen molar-refractivity contribution in [3.63, 3.8) is 0 Å². The van der Waals surface area contributed by atoms with Gasteiger partial charge in [0.2, 0.25) is 17.7 Å². The molecule has 12 fully saturated rings. The normalized spacial score (nSPS) is 23.3. The number of likely N-dealkylation sites (N-methyl/N-ethyl adjacent to an activating group) is 1. The molecule has 1 amide bonds. The molecule has 832 valence electrons. The van der Waals surface area contributed by atoms with Gasteiger partial charge in [-0.25, -0.2) is 18.7 Å². The lowest BCUT2D eigenvalue weighted by atomic mass is 9.57. The van der Waals surface area contributed by atoms with Gasteiger partial charge in [0.1, 0.15) is 36.9 Å². The fourth-order valence-electron chi connectivity index (χ4n) is 20.8. The minimum atomic E-state index is -0.829. The molecule has 20 heteroatoms. The van der Waals surface area contributed by atoms with Gasteiger partial charge in [-0.05, 0) is 342 Å². The molecule has 8 aromatic rings. The van der Waals surface area contributed by atoms with E-state index in [1.54, 1.807) is 38.1 Å². The first-order chi connectivity index (χ1) is 69.9. The zero-order valence-electron chi connectivity index (χ0n) is 98.3. The summed E-state index contributed by atoms with van der Waals surface area (Å²) in [6.07, 6.45) is 29.5. The number of halogens is 2. The lowest BCUT2D eigenvalue weighted by molar-refractivity contribution is -0.131. The smallest absolute Gasteiger partial charge is 0.230 e. The molecule has 2 atom stereocenters. The molecular weight excluding hydrogens is 1870 g/mol. The van der Waals surface area contributed by atoms with Gasteiger partial charge in [-0.15, -0.1) is 0 Å². The first-order valence-corrected chi connectivity index (χ1v) is 56.6. The summed E-state index contributed by atoms with van der Waals surface area (Å²) >= 11 is 0. The van der Waals surface area contributed by atoms with Crippen LogP contribution in [0, 0.1) is 33.8 Å². The summed E-state index contributed by atoms with van der Waals surface area (Å²) in [4.78, 5) is 26.4. The number of nitrogens with one attached hydrogen (secondary N) is 1. The number of piperidine rings is 1. The molecule has 3 aliphatic heterocycles. The molecule has 9 aliphatic carbocycles. The molecule has 9 saturated carbocycles. The largest absolute Gasteiger partial charge is 0.493 e. The molecule has 20 rings (SSSR count). The number of hydrogen-bond donors (Lipinski definition) is 5. The van der Waals surface area contributed by atoms with Crippen molar-refractivity contribution < 1.29 is 56.6 Å². The number of nitrogens with zero attached hydrogens (tertiary/aromatic N) is 4. The third kappa shape index (κ3) is 38.8. The highest BCUT2D eigenvalue weighted by atomic mass is 19.1. The molecule has 8 N–H and O–H groups in total. The lowest BCUT2D eigenvalue weighted by Gasteiger charge is -2.51. The van der Waals surface area contributed by atoms with Crippen LogP contribution >= 0.6 is 0 Å². The SMILES string of the molecule is CC(C)(C)c1ccc(OC2CCOC2)c(F)c1.CC(C)(C)c1ccc(OC2CCOC2)c(F)c1.CC(C)(C)c1ccc(OCC23CCC(N)(CC2)CC3)nc1.CC(C)(C)c1cccc(NC(=O)C23CCC(N)(CC2)CC3)c1.CC(C)(C)c1cccc(OCC23CCC(N)(CC2)CC3)c1.CC(C)(O)COc1ccc(C(C)(C)C)cn1.CCN(CC)CCOc1cccc(C(C)(C)C)c1.CN1CCC(Cc2ccc(C(C)(C)C)cc2)CC1. The molecule has 5 heterocycles. The number of aliphatic hydroxyl groups is 1. The van der Waals surface area contributed by atoms with Crippen molar-refractivity contribution in [2.45, 2.75) is 419 Å². The number of amides is 1. The van der Waals surface area contributed by atoms with E-state index in [0.717, 1.165) is 150 Å². The van der Waals surface area contributed by atoms with Gasteiger partial charge in [-0.3, -0.25) is 4.79 Å². The summed E-state index contributed by atoms with van der Waals surface area (Å²) < 4.78 is 72.7. The first kappa shape index (κ1) is 123. The van der Waals surface area contributed by atoms with Crippen LogP contribution < -0.4 is 50.9 Å². The number of pyridine rings is 2. The molecular formula is C130H198F2N8O10. The Morgan fingerprint density at radius 2 is 0.773 bits per heavy atom. The number of likely N-dealkylation sites (tertiary alicyclic amines) is 1. The van der Waals surface area contributed by atoms with Gasteiger partial charge in [0.15, 0.2) is 23.1 Å². The lowest BCUT2D eigenvalue weighted by Crippen LogP contribution is -2.55. The number of nitrogens with two attached hydrogens (primary N) is 3. The highest BCUT2D eigenvalue weighted by Crippen LogP contribution is 2.55. The number of carbonyl (C=O) groups excluding carboxylic acids is 1. The summed E-state index contributed by atoms with van der Waals surface area (Å²) in [6, 6.07) is 52.9. The molecule has 0 spiro atoms. The Morgan fingerprint density at radius 1 is 0.420 bits per heavy atom. The van der Waals surface area contributed by atoms with Gasteiger partial charge < -0.3 is 75.3 Å². The minimum Gasteiger partial charge on any atom is -0.493 e. The van der Waals surface area contributed by atoms with E-state index < -0.39 is 5.60 Å². The topological polar surface area (TPSA) is 233 Å². The van der Waals surface area contributed by atoms with E-state index in [1.165, 1.54) is 129 Å². The average molecular weight is 2070 g/mol. The van der Waals surface area contributed by atoms with Gasteiger partial charge in [0.05, 0.1) is 45.2 Å². The Morgan fingerprint density at radius 3 is 1.13 bits per heavy atom. The number of carbonyl (C=O) groups is 1. The molecule has 3 saturated heterocycles. The van der Waals surface area contributed by atoms with E-state index in [2.05, 4.69) is 297 Å². The maximum atomic E-state index is 13.9. The molecule has 18 nitrogen and oxygen atoms in total. The van der Waals surface area contributed by atoms with Crippen molar-refractivity contribution in [3.05, 3.63) is 232 Å². The number of benzene rings is 6. The molecule has 0 radical (unpaired) electrons. The van der Waals surface area contributed by atoms with Crippen LogP contribution in [0.5, 0.6) is 34.8 Å². The summed E-state index contributed by atoms with van der Waals surface area (Å²) in [5.41, 5.74) is 32.1. The number of ether oxygens (including phenoxy) is 8. The van der Waals surface area contributed by atoms with Crippen molar-refractivity contribution in [3.8, 4) is 34.8 Å². The van der Waals surface area contributed by atoms with Crippen molar-refractivity contribution in [2.24, 2.45) is 39.4 Å². The van der Waals surface area contributed by atoms with Crippen molar-refractivity contribution in [1.82, 2.24) is 19.8 Å². The Labute approximate surface area is 905 Å². The van der Waals surface area contributed by atoms with E-state index >= 15 is 0 Å². The van der Waals surface area contributed by atoms with Crippen LogP contribution in [-0.4, -0.2) is 158 Å². The summed E-state index contributed by atoms with van der Waals surface area (Å²) in [5, 5.41) is 12.7. The number of anilines is 1. The summed E-state index contributed by atoms with van der Waals surface area (Å²) in [6.45, 7) is 70.9. The highest BCUT2D eigenvalue weighted by molar-refractivity contribution is 5.95. The number of rotatable bonds is 23. The second kappa shape index (κ2) is 52.3. The standard InChI is InChI=1S/C19H28N2O.C19H29NO.C18H28N2O.C17H27N.C16H27NO.2C14H19FO2.C13H21NO2/c1-17(2,3)14-5-4-6-15(13-14)21-16(22)18-7-10-19(20,11-8-18)12-9-18;1-17(2,3)15-5-4-6-16(13-15)21-14-18-7-10-19(20,11-8-18)12-9-18;1-16(2,3)14-4-5-15(20-12-14)21-13-17-6-9-18(19,10-7-17)11-8-17;1-17(2,3)16-7-5-14(6-8-16)13-15-9-11-18(4)12-10-15;1-6-17(7-2)11-12-18-15-10-8-9-14(13-15)16(3,4)5;2*1-14(2,3)10-4-5-13(12(15)8-10)17-11-6-7-16-9-11;1-12(2,3)10-6-7-11(14-8-10)16-9-13(4,5)15/h4-6,13H,7-12,20H2,1-3H3,(H,21,22);4-6,13H,7-12,14,20H2,1-3H3;4-5,12H,6-11,13,19H2,1-3H3;5-8,15H,9-13H2,1-4H3;8-10,13H,6-7,11-12H2,1-5H3;2*4-5,8,11H,6-7,9H2,1-3H3;6-8,15H,9H2,1-5H3. The predicted molar refractivity (Wildman–Crippen MR) is 616 cm³/mol. The molecule has 2 unspecified atom stereocenters. The Hall–Kier alpha value is -8.57. The van der Waals surface area contributed by atoms with Gasteiger partial charge in [-0.2, -0.15) is 0 Å². The Kier molecular flexibility index (Phi) is 43.0. The van der Waals surface area contributed by atoms with Crippen LogP contribution in [0.4, 0.5) is 14.5 Å². The number of hydrogen-bond acceptors (Lipinski definition) is 17. The minimum absolute atomic E-state index is 0.00812. The van der Waals surface area contributed by atoms with Gasteiger partial charge in [-0.1, -0.05) is 265 Å². The molecule has 150 heavy (non-hydrogen) atoms. The van der Waals surface area contributed by atoms with Crippen molar-refractivity contribution in [2.75, 3.05) is 97.9 Å². The first-order valence-electron chi connectivity index (χ1n) is 56.6. The molecule has 2 aromatic heterocycles. The maximum absolute atomic E-state index is 13.9. The average Bonchev–Trinajstić information content (AvgIpc) is 0.945. The summed E-state index contributed by atoms with van der Waals surface area (Å²) in [5.74, 6) is 4.47. The van der Waals surface area contributed by atoms with E-state index in [1.807, 2.05) is 60.9 Å². The zero-order valence-corrected chi connectivity index (χ0v) is 98.3. The Bertz CT molecular complexity index is 5290. The van der Waals surface area contributed by atoms with E-state index in [0.29, 0.717) is 54.6 Å². The number of fused-ring (bicyclic) bond motifs is 9. The van der Waals surface area contributed by atoms with Crippen LogP contribution in [0.3, 0.4) is 0 Å². The van der Waals surface area contributed by atoms with Crippen LogP contribution in [0.1, 0.15) is 385 Å². The van der Waals surface area contributed by atoms with Gasteiger partial charge >= 0.3 is 0 Å². The molecule has 6 bridgehead atoms. The van der Waals surface area contributed by atoms with Crippen LogP contribution in [-0.2, 0) is 64.0 Å². The van der Waals surface area contributed by atoms with Crippen LogP contribution in [0.2, 0.25) is 0 Å². The zero-order chi connectivity index (χ0) is 110.